The van der Waals surface area contributed by atoms with E-state index < -0.39 is 0 Å². The predicted molar refractivity (Wildman–Crippen MR) is 84.4 cm³/mol. The van der Waals surface area contributed by atoms with E-state index in [0.717, 1.165) is 17.9 Å². The molecule has 0 N–H and O–H groups in total. The number of hydrogen-bond acceptors (Lipinski definition) is 2. The minimum Gasteiger partial charge on any atom is -0.326 e. The Bertz CT molecular complexity index is 636. The highest BCUT2D eigenvalue weighted by Crippen LogP contribution is 2.28. The second-order valence-electron chi connectivity index (χ2n) is 5.93. The monoisotopic (exact) mass is 309 g/mol. The highest BCUT2D eigenvalue weighted by molar-refractivity contribution is 6.17. The van der Waals surface area contributed by atoms with Gasteiger partial charge in [0.15, 0.2) is 5.82 Å². The zero-order chi connectivity index (χ0) is 15.0. The van der Waals surface area contributed by atoms with E-state index in [1.165, 1.54) is 18.9 Å². The van der Waals surface area contributed by atoms with Crippen LogP contribution in [0.15, 0.2) is 18.2 Å². The molecule has 0 spiro atoms. The third kappa shape index (κ3) is 2.92. The second-order valence-corrected chi connectivity index (χ2v) is 6.31. The zero-order valence-electron chi connectivity index (χ0n) is 12.5. The van der Waals surface area contributed by atoms with Gasteiger partial charge in [0.1, 0.15) is 11.3 Å². The molecule has 0 amide bonds. The van der Waals surface area contributed by atoms with E-state index in [2.05, 4.69) is 28.4 Å². The molecular weight excluding hydrogens is 289 g/mol. The smallest absolute Gasteiger partial charge is 0.151 e. The van der Waals surface area contributed by atoms with Gasteiger partial charge in [-0.25, -0.2) is 9.37 Å². The maximum Gasteiger partial charge on any atom is 0.151 e. The summed E-state index contributed by atoms with van der Waals surface area (Å²) in [5, 5.41) is 0. The fourth-order valence-corrected chi connectivity index (χ4v) is 3.04. The first-order valence-electron chi connectivity index (χ1n) is 7.53. The topological polar surface area (TPSA) is 21.1 Å². The number of benzene rings is 1. The van der Waals surface area contributed by atoms with Gasteiger partial charge in [0.2, 0.25) is 0 Å². The fraction of sp³-hybridized carbons (Fsp3) is 0.562. The van der Waals surface area contributed by atoms with Crippen LogP contribution >= 0.6 is 11.6 Å². The molecular formula is C16H21ClFN3. The Morgan fingerprint density at radius 3 is 2.90 bits per heavy atom. The van der Waals surface area contributed by atoms with Crippen LogP contribution in [-0.2, 0) is 13.0 Å². The number of alkyl halides is 1. The number of aromatic nitrogens is 2. The number of rotatable bonds is 6. The fourth-order valence-electron chi connectivity index (χ4n) is 2.87. The van der Waals surface area contributed by atoms with Gasteiger partial charge in [-0.05, 0) is 38.9 Å². The molecule has 114 valence electrons. The van der Waals surface area contributed by atoms with Crippen LogP contribution in [0.4, 0.5) is 4.39 Å². The van der Waals surface area contributed by atoms with Crippen LogP contribution in [0.1, 0.15) is 25.6 Å². The van der Waals surface area contributed by atoms with Crippen LogP contribution in [0.3, 0.4) is 0 Å². The molecule has 0 saturated heterocycles. The second kappa shape index (κ2) is 5.93. The predicted octanol–water partition coefficient (Wildman–Crippen LogP) is 3.44. The SMILES string of the molecule is CC(Cn1c(CCCl)nc2c(F)cccc21)N(C)C1CC1. The van der Waals surface area contributed by atoms with Crippen molar-refractivity contribution in [3.63, 3.8) is 0 Å². The number of fused-ring (bicyclic) bond motifs is 1. The van der Waals surface area contributed by atoms with Crippen molar-refractivity contribution in [3.8, 4) is 0 Å². The standard InChI is InChI=1S/C16H21ClFN3/c1-11(20(2)12-6-7-12)10-21-14-5-3-4-13(18)16(14)19-15(21)8-9-17/h3-5,11-12H,6-10H2,1-2H3. The van der Waals surface area contributed by atoms with E-state index in [1.807, 2.05) is 6.07 Å². The number of halogens is 2. The molecule has 3 rings (SSSR count). The Labute approximate surface area is 129 Å². The first-order chi connectivity index (χ1) is 10.1. The molecule has 21 heavy (non-hydrogen) atoms. The van der Waals surface area contributed by atoms with Crippen molar-refractivity contribution < 1.29 is 4.39 Å². The van der Waals surface area contributed by atoms with E-state index >= 15 is 0 Å². The van der Waals surface area contributed by atoms with Crippen molar-refractivity contribution in [1.82, 2.24) is 14.5 Å². The van der Waals surface area contributed by atoms with Gasteiger partial charge < -0.3 is 4.57 Å². The lowest BCUT2D eigenvalue weighted by Gasteiger charge is -2.25. The molecule has 0 aliphatic heterocycles. The summed E-state index contributed by atoms with van der Waals surface area (Å²) in [5.74, 6) is 1.11. The molecule has 0 radical (unpaired) electrons. The Hall–Kier alpha value is -1.13. The molecule has 1 aliphatic carbocycles. The highest BCUT2D eigenvalue weighted by atomic mass is 35.5. The van der Waals surface area contributed by atoms with E-state index in [4.69, 9.17) is 11.6 Å². The maximum absolute atomic E-state index is 13.9. The van der Waals surface area contributed by atoms with Crippen LogP contribution < -0.4 is 0 Å². The zero-order valence-corrected chi connectivity index (χ0v) is 13.3. The molecule has 1 heterocycles. The Balaban J connectivity index is 1.94. The first kappa shape index (κ1) is 14.8. The summed E-state index contributed by atoms with van der Waals surface area (Å²) >= 11 is 5.88. The van der Waals surface area contributed by atoms with Crippen molar-refractivity contribution in [2.75, 3.05) is 12.9 Å². The van der Waals surface area contributed by atoms with Gasteiger partial charge in [-0.1, -0.05) is 6.07 Å². The van der Waals surface area contributed by atoms with Gasteiger partial charge in [0.05, 0.1) is 5.52 Å². The molecule has 1 saturated carbocycles. The van der Waals surface area contributed by atoms with Gasteiger partial charge in [-0.15, -0.1) is 11.6 Å². The van der Waals surface area contributed by atoms with Gasteiger partial charge in [0, 0.05) is 30.9 Å². The van der Waals surface area contributed by atoms with Gasteiger partial charge in [-0.3, -0.25) is 4.90 Å². The molecule has 3 nitrogen and oxygen atoms in total. The molecule has 1 aromatic carbocycles. The average molecular weight is 310 g/mol. The highest BCUT2D eigenvalue weighted by Gasteiger charge is 2.29. The molecule has 2 aromatic rings. The summed E-state index contributed by atoms with van der Waals surface area (Å²) in [5.41, 5.74) is 1.32. The summed E-state index contributed by atoms with van der Waals surface area (Å²) in [6.45, 7) is 3.03. The van der Waals surface area contributed by atoms with Gasteiger partial charge in [0.25, 0.3) is 0 Å². The van der Waals surface area contributed by atoms with E-state index in [1.54, 1.807) is 6.07 Å². The van der Waals surface area contributed by atoms with Crippen LogP contribution in [-0.4, -0.2) is 39.5 Å². The average Bonchev–Trinajstić information content (AvgIpc) is 3.25. The third-order valence-corrected chi connectivity index (χ3v) is 4.58. The van der Waals surface area contributed by atoms with Gasteiger partial charge in [-0.2, -0.15) is 0 Å². The molecule has 1 fully saturated rings. The third-order valence-electron chi connectivity index (χ3n) is 4.39. The van der Waals surface area contributed by atoms with Crippen molar-refractivity contribution >= 4 is 22.6 Å². The van der Waals surface area contributed by atoms with Crippen LogP contribution in [0.25, 0.3) is 11.0 Å². The molecule has 5 heteroatoms. The number of aryl methyl sites for hydroxylation is 1. The number of para-hydroxylation sites is 1. The summed E-state index contributed by atoms with van der Waals surface area (Å²) in [4.78, 5) is 6.87. The van der Waals surface area contributed by atoms with Crippen molar-refractivity contribution in [2.24, 2.45) is 0 Å². The van der Waals surface area contributed by atoms with E-state index in [9.17, 15) is 4.39 Å². The summed E-state index contributed by atoms with van der Waals surface area (Å²) in [6, 6.07) is 6.25. The van der Waals surface area contributed by atoms with Crippen molar-refractivity contribution in [2.45, 2.75) is 44.8 Å². The maximum atomic E-state index is 13.9. The molecule has 0 bridgehead atoms. The molecule has 1 aromatic heterocycles. The molecule has 1 unspecified atom stereocenters. The van der Waals surface area contributed by atoms with Crippen LogP contribution in [0, 0.1) is 5.82 Å². The largest absolute Gasteiger partial charge is 0.326 e. The van der Waals surface area contributed by atoms with Gasteiger partial charge >= 0.3 is 0 Å². The van der Waals surface area contributed by atoms with E-state index in [0.29, 0.717) is 29.9 Å². The minimum absolute atomic E-state index is 0.259. The number of likely N-dealkylation sites (N-methyl/N-ethyl adjacent to an activating group) is 1. The van der Waals surface area contributed by atoms with Crippen molar-refractivity contribution in [1.29, 1.82) is 0 Å². The summed E-state index contributed by atoms with van der Waals surface area (Å²) in [6.07, 6.45) is 3.24. The van der Waals surface area contributed by atoms with E-state index in [-0.39, 0.29) is 5.82 Å². The number of hydrogen-bond donors (Lipinski definition) is 0. The lowest BCUT2D eigenvalue weighted by Crippen LogP contribution is -2.34. The number of imidazole rings is 1. The lowest BCUT2D eigenvalue weighted by molar-refractivity contribution is 0.226. The Morgan fingerprint density at radius 1 is 1.48 bits per heavy atom. The summed E-state index contributed by atoms with van der Waals surface area (Å²) < 4.78 is 16.1. The lowest BCUT2D eigenvalue weighted by atomic mass is 10.2. The van der Waals surface area contributed by atoms with Crippen LogP contribution in [0.5, 0.6) is 0 Å². The number of nitrogens with zero attached hydrogens (tertiary/aromatic N) is 3. The normalized spacial score (nSPS) is 16.8. The quantitative estimate of drug-likeness (QED) is 0.762. The Kier molecular flexibility index (Phi) is 4.18. The molecule has 1 atom stereocenters. The van der Waals surface area contributed by atoms with Crippen molar-refractivity contribution in [3.05, 3.63) is 29.8 Å². The molecule has 1 aliphatic rings. The summed E-state index contributed by atoms with van der Waals surface area (Å²) in [7, 11) is 2.17. The Morgan fingerprint density at radius 2 is 2.24 bits per heavy atom. The first-order valence-corrected chi connectivity index (χ1v) is 8.06. The minimum atomic E-state index is -0.259. The van der Waals surface area contributed by atoms with Crippen LogP contribution in [0.2, 0.25) is 0 Å².